The second-order valence-corrected chi connectivity index (χ2v) is 8.46. The van der Waals surface area contributed by atoms with E-state index in [9.17, 15) is 4.79 Å². The fourth-order valence-corrected chi connectivity index (χ4v) is 4.19. The lowest BCUT2D eigenvalue weighted by molar-refractivity contribution is 0.568. The van der Waals surface area contributed by atoms with E-state index in [-0.39, 0.29) is 5.56 Å². The van der Waals surface area contributed by atoms with Gasteiger partial charge in [-0.15, -0.1) is 0 Å². The highest BCUT2D eigenvalue weighted by molar-refractivity contribution is 5.83. The standard InChI is InChI=1S/C26H35N3O/c1-6-7-8-15-27-16-14-18(2)22-12-13-23(20(4)17-22)29-21(5)28-26(30)25-19(3)10-9-11-24(25)29/h9-13,17-18,27H,6-8,14-16H2,1-5H3. The molecule has 160 valence electrons. The Labute approximate surface area is 180 Å². The lowest BCUT2D eigenvalue weighted by Crippen LogP contribution is -2.18. The van der Waals surface area contributed by atoms with Crippen LogP contribution in [0.25, 0.3) is 16.6 Å². The van der Waals surface area contributed by atoms with Crippen molar-refractivity contribution in [3.63, 3.8) is 0 Å². The number of nitrogens with one attached hydrogen (secondary N) is 1. The maximum absolute atomic E-state index is 12.5. The number of rotatable bonds is 9. The van der Waals surface area contributed by atoms with Crippen molar-refractivity contribution in [3.8, 4) is 5.69 Å². The van der Waals surface area contributed by atoms with E-state index in [1.54, 1.807) is 0 Å². The summed E-state index contributed by atoms with van der Waals surface area (Å²) < 4.78 is 2.11. The first-order chi connectivity index (χ1) is 14.4. The van der Waals surface area contributed by atoms with Crippen LogP contribution in [0.5, 0.6) is 0 Å². The smallest absolute Gasteiger partial charge is 0.281 e. The van der Waals surface area contributed by atoms with E-state index in [0.29, 0.717) is 11.3 Å². The summed E-state index contributed by atoms with van der Waals surface area (Å²) >= 11 is 0. The predicted molar refractivity (Wildman–Crippen MR) is 127 cm³/mol. The zero-order valence-corrected chi connectivity index (χ0v) is 19.1. The molecule has 2 aromatic carbocycles. The molecule has 3 aromatic rings. The van der Waals surface area contributed by atoms with Gasteiger partial charge in [-0.2, -0.15) is 4.98 Å². The Balaban J connectivity index is 1.84. The van der Waals surface area contributed by atoms with E-state index in [4.69, 9.17) is 0 Å². The molecule has 1 heterocycles. The van der Waals surface area contributed by atoms with Crippen LogP contribution in [0.2, 0.25) is 0 Å². The Morgan fingerprint density at radius 1 is 1.03 bits per heavy atom. The Kier molecular flexibility index (Phi) is 7.43. The van der Waals surface area contributed by atoms with Gasteiger partial charge >= 0.3 is 0 Å². The molecular formula is C26H35N3O. The summed E-state index contributed by atoms with van der Waals surface area (Å²) in [5.74, 6) is 1.22. The van der Waals surface area contributed by atoms with E-state index in [0.717, 1.165) is 42.1 Å². The average Bonchev–Trinajstić information content (AvgIpc) is 2.71. The highest BCUT2D eigenvalue weighted by Crippen LogP contribution is 2.26. The predicted octanol–water partition coefficient (Wildman–Crippen LogP) is 5.58. The van der Waals surface area contributed by atoms with Crippen molar-refractivity contribution in [1.82, 2.24) is 14.9 Å². The number of fused-ring (bicyclic) bond motifs is 1. The van der Waals surface area contributed by atoms with Gasteiger partial charge in [-0.25, -0.2) is 0 Å². The quantitative estimate of drug-likeness (QED) is 0.472. The number of aromatic nitrogens is 2. The molecule has 0 aliphatic heterocycles. The Hall–Kier alpha value is -2.46. The Morgan fingerprint density at radius 2 is 1.83 bits per heavy atom. The largest absolute Gasteiger partial charge is 0.317 e. The number of hydrogen-bond acceptors (Lipinski definition) is 3. The molecule has 1 aromatic heterocycles. The van der Waals surface area contributed by atoms with Crippen molar-refractivity contribution in [2.75, 3.05) is 13.1 Å². The number of unbranched alkanes of at least 4 members (excludes halogenated alkanes) is 2. The van der Waals surface area contributed by atoms with Crippen LogP contribution in [0, 0.1) is 20.8 Å². The van der Waals surface area contributed by atoms with E-state index < -0.39 is 0 Å². The summed E-state index contributed by atoms with van der Waals surface area (Å²) in [5.41, 5.74) is 5.39. The maximum atomic E-state index is 12.5. The van der Waals surface area contributed by atoms with Crippen molar-refractivity contribution in [2.45, 2.75) is 66.2 Å². The van der Waals surface area contributed by atoms with Crippen LogP contribution in [0.1, 0.15) is 68.0 Å². The van der Waals surface area contributed by atoms with Crippen LogP contribution in [0.3, 0.4) is 0 Å². The zero-order chi connectivity index (χ0) is 21.7. The van der Waals surface area contributed by atoms with Crippen LogP contribution in [0.15, 0.2) is 41.2 Å². The van der Waals surface area contributed by atoms with Crippen LogP contribution in [-0.2, 0) is 0 Å². The number of nitrogens with zero attached hydrogens (tertiary/aromatic N) is 2. The van der Waals surface area contributed by atoms with Gasteiger partial charge in [-0.3, -0.25) is 9.36 Å². The average molecular weight is 406 g/mol. The molecule has 0 spiro atoms. The Morgan fingerprint density at radius 3 is 2.57 bits per heavy atom. The molecule has 1 N–H and O–H groups in total. The molecule has 3 rings (SSSR count). The molecule has 0 saturated heterocycles. The van der Waals surface area contributed by atoms with Gasteiger partial charge in [0.15, 0.2) is 0 Å². The summed E-state index contributed by atoms with van der Waals surface area (Å²) in [5, 5.41) is 4.27. The van der Waals surface area contributed by atoms with Gasteiger partial charge in [0.05, 0.1) is 16.6 Å². The molecule has 0 fully saturated rings. The van der Waals surface area contributed by atoms with Crippen LogP contribution in [-0.4, -0.2) is 22.6 Å². The minimum Gasteiger partial charge on any atom is -0.317 e. The first-order valence-corrected chi connectivity index (χ1v) is 11.2. The van der Waals surface area contributed by atoms with Crippen molar-refractivity contribution in [2.24, 2.45) is 0 Å². The van der Waals surface area contributed by atoms with E-state index in [1.807, 2.05) is 32.0 Å². The minimum atomic E-state index is -0.147. The third-order valence-electron chi connectivity index (χ3n) is 6.03. The monoisotopic (exact) mass is 405 g/mol. The molecule has 0 aliphatic rings. The van der Waals surface area contributed by atoms with Crippen molar-refractivity contribution in [3.05, 3.63) is 69.3 Å². The van der Waals surface area contributed by atoms with Crippen molar-refractivity contribution < 1.29 is 0 Å². The van der Waals surface area contributed by atoms with Gasteiger partial charge in [0.1, 0.15) is 5.82 Å². The Bertz CT molecular complexity index is 1070. The van der Waals surface area contributed by atoms with Crippen LogP contribution < -0.4 is 10.9 Å². The van der Waals surface area contributed by atoms with E-state index in [1.165, 1.54) is 30.4 Å². The molecule has 0 aliphatic carbocycles. The molecule has 0 bridgehead atoms. The van der Waals surface area contributed by atoms with Gasteiger partial charge in [0.2, 0.25) is 0 Å². The summed E-state index contributed by atoms with van der Waals surface area (Å²) in [6.07, 6.45) is 4.96. The first-order valence-electron chi connectivity index (χ1n) is 11.2. The molecule has 1 atom stereocenters. The first kappa shape index (κ1) is 22.2. The summed E-state index contributed by atoms with van der Waals surface area (Å²) in [4.78, 5) is 16.8. The fraction of sp³-hybridized carbons (Fsp3) is 0.462. The minimum absolute atomic E-state index is 0.147. The third-order valence-corrected chi connectivity index (χ3v) is 6.03. The SMILES string of the molecule is CCCCCNCCC(C)c1ccc(-n2c(C)nc(=O)c3c(C)cccc32)c(C)c1. The summed E-state index contributed by atoms with van der Waals surface area (Å²) in [6, 6.07) is 12.7. The van der Waals surface area contributed by atoms with Crippen molar-refractivity contribution in [1.29, 1.82) is 0 Å². The zero-order valence-electron chi connectivity index (χ0n) is 19.1. The maximum Gasteiger partial charge on any atom is 0.281 e. The normalized spacial score (nSPS) is 12.4. The lowest BCUT2D eigenvalue weighted by atomic mass is 9.95. The van der Waals surface area contributed by atoms with Crippen LogP contribution >= 0.6 is 0 Å². The second kappa shape index (κ2) is 10.0. The highest BCUT2D eigenvalue weighted by Gasteiger charge is 2.14. The van der Waals surface area contributed by atoms with Crippen molar-refractivity contribution >= 4 is 10.9 Å². The third kappa shape index (κ3) is 4.81. The lowest BCUT2D eigenvalue weighted by Gasteiger charge is -2.19. The van der Waals surface area contributed by atoms with Gasteiger partial charge in [-0.1, -0.05) is 51.0 Å². The number of hydrogen-bond donors (Lipinski definition) is 1. The van der Waals surface area contributed by atoms with Gasteiger partial charge in [-0.05, 0) is 81.4 Å². The fourth-order valence-electron chi connectivity index (χ4n) is 4.19. The van der Waals surface area contributed by atoms with Gasteiger partial charge < -0.3 is 5.32 Å². The summed E-state index contributed by atoms with van der Waals surface area (Å²) in [6.45, 7) is 12.7. The molecule has 0 radical (unpaired) electrons. The number of benzene rings is 2. The topological polar surface area (TPSA) is 46.9 Å². The molecule has 30 heavy (non-hydrogen) atoms. The highest BCUT2D eigenvalue weighted by atomic mass is 16.1. The second-order valence-electron chi connectivity index (χ2n) is 8.46. The van der Waals surface area contributed by atoms with Crippen LogP contribution in [0.4, 0.5) is 0 Å². The molecule has 0 amide bonds. The number of aryl methyl sites for hydroxylation is 3. The molecular weight excluding hydrogens is 370 g/mol. The molecule has 4 nitrogen and oxygen atoms in total. The van der Waals surface area contributed by atoms with E-state index in [2.05, 4.69) is 53.8 Å². The molecule has 4 heteroatoms. The van der Waals surface area contributed by atoms with Gasteiger partial charge in [0.25, 0.3) is 5.56 Å². The van der Waals surface area contributed by atoms with E-state index >= 15 is 0 Å². The molecule has 0 saturated carbocycles. The molecule has 1 unspecified atom stereocenters. The van der Waals surface area contributed by atoms with Gasteiger partial charge in [0, 0.05) is 0 Å². The summed E-state index contributed by atoms with van der Waals surface area (Å²) in [7, 11) is 0.